The molecule has 7 nitrogen and oxygen atoms in total. The van der Waals surface area contributed by atoms with Crippen LogP contribution >= 0.6 is 11.3 Å². The van der Waals surface area contributed by atoms with E-state index >= 15 is 0 Å². The Morgan fingerprint density at radius 2 is 2.00 bits per heavy atom. The van der Waals surface area contributed by atoms with E-state index in [0.29, 0.717) is 10.7 Å². The highest BCUT2D eigenvalue weighted by Crippen LogP contribution is 2.19. The van der Waals surface area contributed by atoms with Crippen LogP contribution in [0.25, 0.3) is 10.6 Å². The lowest BCUT2D eigenvalue weighted by Gasteiger charge is -2.06. The molecule has 0 amide bonds. The van der Waals surface area contributed by atoms with Gasteiger partial charge in [0.2, 0.25) is 0 Å². The largest absolute Gasteiger partial charge is 0.459 e. The Morgan fingerprint density at radius 3 is 2.79 bits per heavy atom. The van der Waals surface area contributed by atoms with Crippen LogP contribution in [0.3, 0.4) is 0 Å². The van der Waals surface area contributed by atoms with Crippen molar-refractivity contribution >= 4 is 22.3 Å². The fourth-order valence-corrected chi connectivity index (χ4v) is 3.80. The number of ether oxygens (including phenoxy) is 1. The van der Waals surface area contributed by atoms with E-state index in [0.717, 1.165) is 22.6 Å². The van der Waals surface area contributed by atoms with Gasteiger partial charge in [0.05, 0.1) is 23.5 Å². The fourth-order valence-electron chi connectivity index (χ4n) is 3.06. The maximum Gasteiger partial charge on any atom is 0.310 e. The van der Waals surface area contributed by atoms with Gasteiger partial charge in [0, 0.05) is 28.9 Å². The first-order chi connectivity index (χ1) is 13.5. The molecule has 0 atom stereocenters. The molecule has 0 saturated heterocycles. The van der Waals surface area contributed by atoms with Crippen LogP contribution in [0.15, 0.2) is 52.8 Å². The highest BCUT2D eigenvalue weighted by Gasteiger charge is 2.17. The summed E-state index contributed by atoms with van der Waals surface area (Å²) in [6.45, 7) is 3.78. The first kappa shape index (κ1) is 18.1. The number of aromatic nitrogens is 4. The van der Waals surface area contributed by atoms with Gasteiger partial charge in [-0.2, -0.15) is 5.10 Å². The Morgan fingerprint density at radius 1 is 1.21 bits per heavy atom. The molecule has 0 bridgehead atoms. The van der Waals surface area contributed by atoms with E-state index in [4.69, 9.17) is 4.74 Å². The summed E-state index contributed by atoms with van der Waals surface area (Å²) in [6.07, 6.45) is 1.78. The number of carbonyl (C=O) groups excluding carboxylic acids is 1. The second kappa shape index (κ2) is 7.40. The molecule has 0 aliphatic carbocycles. The minimum absolute atomic E-state index is 0.0343. The van der Waals surface area contributed by atoms with Gasteiger partial charge in [-0.3, -0.25) is 14.0 Å². The second-order valence-corrected chi connectivity index (χ2v) is 7.25. The molecule has 4 aromatic rings. The van der Waals surface area contributed by atoms with Crippen molar-refractivity contribution in [2.24, 2.45) is 0 Å². The molecule has 0 fully saturated rings. The molecule has 142 valence electrons. The number of aryl methyl sites for hydroxylation is 1. The summed E-state index contributed by atoms with van der Waals surface area (Å²) in [5.74, 6) is -0.382. The van der Waals surface area contributed by atoms with Crippen LogP contribution in [0.5, 0.6) is 0 Å². The molecule has 0 aliphatic rings. The summed E-state index contributed by atoms with van der Waals surface area (Å²) in [4.78, 5) is 29.3. The standard InChI is InChI=1S/C20H18N4O3S/c1-13-17(14(2)24(22-13)16-6-4-3-5-7-16)11-19(26)27-12-15-10-18(25)23-8-9-28-20(23)21-15/h3-10H,11-12H2,1-2H3. The molecule has 4 rings (SSSR count). The number of hydrogen-bond donors (Lipinski definition) is 0. The number of esters is 1. The summed E-state index contributed by atoms with van der Waals surface area (Å²) in [7, 11) is 0. The number of thiazole rings is 1. The minimum Gasteiger partial charge on any atom is -0.459 e. The quantitative estimate of drug-likeness (QED) is 0.487. The van der Waals surface area contributed by atoms with Gasteiger partial charge in [0.15, 0.2) is 4.96 Å². The van der Waals surface area contributed by atoms with Gasteiger partial charge in [0.25, 0.3) is 5.56 Å². The first-order valence-corrected chi connectivity index (χ1v) is 9.63. The Balaban J connectivity index is 1.48. The topological polar surface area (TPSA) is 78.5 Å². The fraction of sp³-hybridized carbons (Fsp3) is 0.200. The Kier molecular flexibility index (Phi) is 4.79. The van der Waals surface area contributed by atoms with E-state index in [9.17, 15) is 9.59 Å². The normalized spacial score (nSPS) is 11.1. The SMILES string of the molecule is Cc1nn(-c2ccccc2)c(C)c1CC(=O)OCc1cc(=O)n2ccsc2n1. The summed E-state index contributed by atoms with van der Waals surface area (Å²) in [6, 6.07) is 11.1. The van der Waals surface area contributed by atoms with Crippen molar-refractivity contribution in [3.8, 4) is 5.69 Å². The number of nitrogens with zero attached hydrogens (tertiary/aromatic N) is 4. The van der Waals surface area contributed by atoms with Crippen molar-refractivity contribution in [3.63, 3.8) is 0 Å². The summed E-state index contributed by atoms with van der Waals surface area (Å²) < 4.78 is 8.64. The average molecular weight is 394 g/mol. The number of carbonyl (C=O) groups is 1. The Hall–Kier alpha value is -3.26. The van der Waals surface area contributed by atoms with Crippen LogP contribution in [-0.2, 0) is 22.6 Å². The predicted octanol–water partition coefficient (Wildman–Crippen LogP) is 2.84. The number of benzene rings is 1. The number of para-hydroxylation sites is 1. The zero-order valence-corrected chi connectivity index (χ0v) is 16.3. The van der Waals surface area contributed by atoms with Gasteiger partial charge in [-0.05, 0) is 26.0 Å². The lowest BCUT2D eigenvalue weighted by Crippen LogP contribution is -2.15. The van der Waals surface area contributed by atoms with Gasteiger partial charge in [-0.25, -0.2) is 9.67 Å². The van der Waals surface area contributed by atoms with E-state index in [1.165, 1.54) is 21.8 Å². The van der Waals surface area contributed by atoms with Crippen LogP contribution in [-0.4, -0.2) is 25.1 Å². The summed E-state index contributed by atoms with van der Waals surface area (Å²) >= 11 is 1.36. The Labute approximate surface area is 164 Å². The van der Waals surface area contributed by atoms with Gasteiger partial charge < -0.3 is 4.74 Å². The highest BCUT2D eigenvalue weighted by atomic mass is 32.1. The van der Waals surface area contributed by atoms with Crippen LogP contribution in [0.2, 0.25) is 0 Å². The Bertz CT molecular complexity index is 1210. The van der Waals surface area contributed by atoms with E-state index in [1.807, 2.05) is 48.9 Å². The summed E-state index contributed by atoms with van der Waals surface area (Å²) in [5.41, 5.74) is 3.72. The molecule has 0 spiro atoms. The molecule has 0 aliphatic heterocycles. The second-order valence-electron chi connectivity index (χ2n) is 6.38. The molecule has 0 radical (unpaired) electrons. The van der Waals surface area contributed by atoms with Crippen LogP contribution < -0.4 is 5.56 Å². The molecule has 0 saturated carbocycles. The van der Waals surface area contributed by atoms with E-state index in [1.54, 1.807) is 11.6 Å². The molecule has 8 heteroatoms. The minimum atomic E-state index is -0.382. The molecule has 0 unspecified atom stereocenters. The zero-order chi connectivity index (χ0) is 19.7. The van der Waals surface area contributed by atoms with Crippen molar-refractivity contribution in [1.29, 1.82) is 0 Å². The number of rotatable bonds is 5. The predicted molar refractivity (Wildman–Crippen MR) is 106 cm³/mol. The third-order valence-electron chi connectivity index (χ3n) is 4.50. The molecule has 0 N–H and O–H groups in total. The lowest BCUT2D eigenvalue weighted by molar-refractivity contribution is -0.144. The van der Waals surface area contributed by atoms with Gasteiger partial charge in [0.1, 0.15) is 6.61 Å². The van der Waals surface area contributed by atoms with Crippen molar-refractivity contribution < 1.29 is 9.53 Å². The molecular weight excluding hydrogens is 376 g/mol. The van der Waals surface area contributed by atoms with Crippen molar-refractivity contribution in [2.75, 3.05) is 0 Å². The molecule has 28 heavy (non-hydrogen) atoms. The third kappa shape index (κ3) is 3.46. The van der Waals surface area contributed by atoms with Crippen molar-refractivity contribution in [3.05, 3.63) is 81.0 Å². The maximum atomic E-state index is 12.4. The zero-order valence-electron chi connectivity index (χ0n) is 15.5. The van der Waals surface area contributed by atoms with E-state index < -0.39 is 0 Å². The van der Waals surface area contributed by atoms with E-state index in [2.05, 4.69) is 10.1 Å². The first-order valence-electron chi connectivity index (χ1n) is 8.75. The van der Waals surface area contributed by atoms with Crippen molar-refractivity contribution in [1.82, 2.24) is 19.2 Å². The van der Waals surface area contributed by atoms with Crippen LogP contribution in [0, 0.1) is 13.8 Å². The maximum absolute atomic E-state index is 12.4. The average Bonchev–Trinajstić information content (AvgIpc) is 3.27. The number of hydrogen-bond acceptors (Lipinski definition) is 6. The monoisotopic (exact) mass is 394 g/mol. The molecule has 3 heterocycles. The van der Waals surface area contributed by atoms with Crippen molar-refractivity contribution in [2.45, 2.75) is 26.9 Å². The molecule has 1 aromatic carbocycles. The van der Waals surface area contributed by atoms with Gasteiger partial charge >= 0.3 is 5.97 Å². The smallest absolute Gasteiger partial charge is 0.310 e. The summed E-state index contributed by atoms with van der Waals surface area (Å²) in [5, 5.41) is 6.33. The van der Waals surface area contributed by atoms with Gasteiger partial charge in [-0.1, -0.05) is 18.2 Å². The van der Waals surface area contributed by atoms with Crippen LogP contribution in [0.4, 0.5) is 0 Å². The van der Waals surface area contributed by atoms with Crippen LogP contribution in [0.1, 0.15) is 22.6 Å². The molecular formula is C20H18N4O3S. The number of fused-ring (bicyclic) bond motifs is 1. The highest BCUT2D eigenvalue weighted by molar-refractivity contribution is 7.15. The van der Waals surface area contributed by atoms with Gasteiger partial charge in [-0.15, -0.1) is 11.3 Å². The van der Waals surface area contributed by atoms with E-state index in [-0.39, 0.29) is 24.6 Å². The lowest BCUT2D eigenvalue weighted by atomic mass is 10.1. The third-order valence-corrected chi connectivity index (χ3v) is 5.26. The molecule has 3 aromatic heterocycles.